The second-order valence-electron chi connectivity index (χ2n) is 7.25. The van der Waals surface area contributed by atoms with Gasteiger partial charge < -0.3 is 4.79 Å². The first kappa shape index (κ1) is 20.0. The average molecular weight is 372 g/mol. The molecule has 1 aliphatic rings. The van der Waals surface area contributed by atoms with Gasteiger partial charge in [-0.3, -0.25) is 4.90 Å². The maximum absolute atomic E-state index is 12.1. The fourth-order valence-electron chi connectivity index (χ4n) is 4.33. The van der Waals surface area contributed by atoms with Crippen LogP contribution in [0.3, 0.4) is 0 Å². The van der Waals surface area contributed by atoms with E-state index in [-0.39, 0.29) is 6.04 Å². The van der Waals surface area contributed by atoms with Gasteiger partial charge in [0.2, 0.25) is 0 Å². The number of rotatable bonds is 7. The lowest BCUT2D eigenvalue weighted by Gasteiger charge is -2.50. The summed E-state index contributed by atoms with van der Waals surface area (Å²) in [5, 5.41) is 0. The van der Waals surface area contributed by atoms with Crippen molar-refractivity contribution in [1.29, 1.82) is 0 Å². The Balaban J connectivity index is 2.28. The van der Waals surface area contributed by atoms with Crippen LogP contribution in [0.4, 0.5) is 0 Å². The van der Waals surface area contributed by atoms with E-state index >= 15 is 0 Å². The highest BCUT2D eigenvalue weighted by molar-refractivity contribution is 5.61. The van der Waals surface area contributed by atoms with E-state index in [1.807, 2.05) is 37.3 Å². The topological polar surface area (TPSA) is 20.3 Å². The lowest BCUT2D eigenvalue weighted by Crippen LogP contribution is -2.55. The number of likely N-dealkylation sites (tertiary alicyclic amines) is 1. The summed E-state index contributed by atoms with van der Waals surface area (Å²) in [5.41, 5.74) is 2.68. The van der Waals surface area contributed by atoms with Gasteiger partial charge in [0, 0.05) is 6.54 Å². The number of hydrogen-bond acceptors (Lipinski definition) is 2. The van der Waals surface area contributed by atoms with Crippen molar-refractivity contribution in [2.24, 2.45) is 0 Å². The molecule has 0 bridgehead atoms. The summed E-state index contributed by atoms with van der Waals surface area (Å²) < 4.78 is 0. The molecule has 0 radical (unpaired) electrons. The van der Waals surface area contributed by atoms with Crippen molar-refractivity contribution in [2.45, 2.75) is 37.8 Å². The normalized spacial score (nSPS) is 18.5. The summed E-state index contributed by atoms with van der Waals surface area (Å²) in [4.78, 5) is 14.4. The number of nitrogens with zero attached hydrogens (tertiary/aromatic N) is 1. The largest absolute Gasteiger partial charge is 0.302 e. The first-order chi connectivity index (χ1) is 13.7. The van der Waals surface area contributed by atoms with Crippen LogP contribution in [0.1, 0.15) is 37.3 Å². The Morgan fingerprint density at radius 2 is 1.61 bits per heavy atom. The van der Waals surface area contributed by atoms with E-state index in [9.17, 15) is 4.79 Å². The Labute approximate surface area is 168 Å². The highest BCUT2D eigenvalue weighted by Gasteiger charge is 2.45. The smallest absolute Gasteiger partial charge is 0.137 e. The Kier molecular flexibility index (Phi) is 6.78. The number of aldehydes is 1. The molecule has 2 aromatic carbocycles. The number of carbonyl (C=O) groups excluding carboxylic acids is 1. The second-order valence-corrected chi connectivity index (χ2v) is 7.25. The zero-order valence-corrected chi connectivity index (χ0v) is 16.6. The Morgan fingerprint density at radius 3 is 2.14 bits per heavy atom. The van der Waals surface area contributed by atoms with Crippen molar-refractivity contribution in [1.82, 2.24) is 4.90 Å². The Morgan fingerprint density at radius 1 is 1.00 bits per heavy atom. The molecule has 0 amide bonds. The minimum Gasteiger partial charge on any atom is -0.302 e. The molecular formula is C26H29NO. The van der Waals surface area contributed by atoms with Crippen molar-refractivity contribution in [3.05, 3.63) is 108 Å². The number of benzene rings is 2. The van der Waals surface area contributed by atoms with Crippen LogP contribution in [-0.4, -0.2) is 23.8 Å². The van der Waals surface area contributed by atoms with Crippen LogP contribution in [0.15, 0.2) is 97.1 Å². The monoisotopic (exact) mass is 371 g/mol. The van der Waals surface area contributed by atoms with Gasteiger partial charge in [-0.2, -0.15) is 0 Å². The van der Waals surface area contributed by atoms with Gasteiger partial charge in [0.25, 0.3) is 0 Å². The predicted molar refractivity (Wildman–Crippen MR) is 117 cm³/mol. The fourth-order valence-corrected chi connectivity index (χ4v) is 4.33. The molecular weight excluding hydrogens is 342 g/mol. The van der Waals surface area contributed by atoms with Crippen molar-refractivity contribution in [3.8, 4) is 0 Å². The van der Waals surface area contributed by atoms with Gasteiger partial charge in [-0.05, 0) is 36.5 Å². The summed E-state index contributed by atoms with van der Waals surface area (Å²) in [6, 6.07) is 20.8. The van der Waals surface area contributed by atoms with Crippen LogP contribution in [0.5, 0.6) is 0 Å². The Bertz CT molecular complexity index is 796. The lowest BCUT2D eigenvalue weighted by molar-refractivity contribution is -0.115. The van der Waals surface area contributed by atoms with E-state index in [0.29, 0.717) is 0 Å². The first-order valence-corrected chi connectivity index (χ1v) is 10.1. The van der Waals surface area contributed by atoms with E-state index in [0.717, 1.165) is 48.8 Å². The van der Waals surface area contributed by atoms with Gasteiger partial charge in [-0.25, -0.2) is 0 Å². The molecule has 0 saturated carbocycles. The molecule has 0 N–H and O–H groups in total. The predicted octanol–water partition coefficient (Wildman–Crippen LogP) is 5.67. The summed E-state index contributed by atoms with van der Waals surface area (Å²) in [6.07, 6.45) is 12.3. The van der Waals surface area contributed by atoms with E-state index in [1.165, 1.54) is 0 Å². The van der Waals surface area contributed by atoms with E-state index in [2.05, 4.69) is 66.1 Å². The number of hydrogen-bond donors (Lipinski definition) is 0. The van der Waals surface area contributed by atoms with Crippen LogP contribution in [0.2, 0.25) is 0 Å². The number of piperidine rings is 1. The minimum absolute atomic E-state index is 0.124. The zero-order valence-electron chi connectivity index (χ0n) is 16.6. The molecule has 144 valence electrons. The fraction of sp³-hybridized carbons (Fsp3) is 0.269. The highest BCUT2D eigenvalue weighted by Crippen LogP contribution is 2.45. The van der Waals surface area contributed by atoms with E-state index in [1.54, 1.807) is 0 Å². The maximum atomic E-state index is 12.1. The maximum Gasteiger partial charge on any atom is 0.137 e. The molecule has 28 heavy (non-hydrogen) atoms. The van der Waals surface area contributed by atoms with Crippen molar-refractivity contribution in [3.63, 3.8) is 0 Å². The third kappa shape index (κ3) is 3.79. The van der Waals surface area contributed by atoms with Gasteiger partial charge in [0.15, 0.2) is 0 Å². The minimum atomic E-state index is -0.577. The van der Waals surface area contributed by atoms with Crippen molar-refractivity contribution in [2.75, 3.05) is 6.54 Å². The summed E-state index contributed by atoms with van der Waals surface area (Å²) >= 11 is 0. The third-order valence-electron chi connectivity index (χ3n) is 5.59. The molecule has 2 heteroatoms. The number of allylic oxidation sites excluding steroid dienone is 3. The van der Waals surface area contributed by atoms with E-state index in [4.69, 9.17) is 0 Å². The highest BCUT2D eigenvalue weighted by atomic mass is 16.1. The van der Waals surface area contributed by atoms with Gasteiger partial charge in [0.05, 0.1) is 11.6 Å². The molecule has 1 aliphatic heterocycles. The molecule has 0 spiro atoms. The molecule has 1 heterocycles. The SMILES string of the molecule is C=C(/C=C\C=C/C)C(c1ccccc1)(c1ccccc1)N1CCCC[C@H]1C=O. The molecule has 0 unspecified atom stereocenters. The van der Waals surface area contributed by atoms with E-state index < -0.39 is 5.54 Å². The second kappa shape index (κ2) is 9.48. The van der Waals surface area contributed by atoms with Gasteiger partial charge in [-0.15, -0.1) is 0 Å². The van der Waals surface area contributed by atoms with Crippen LogP contribution >= 0.6 is 0 Å². The molecule has 1 atom stereocenters. The van der Waals surface area contributed by atoms with Crippen molar-refractivity contribution < 1.29 is 4.79 Å². The molecule has 1 fully saturated rings. The third-order valence-corrected chi connectivity index (χ3v) is 5.59. The summed E-state index contributed by atoms with van der Waals surface area (Å²) in [5.74, 6) is 0. The van der Waals surface area contributed by atoms with Crippen LogP contribution in [0, 0.1) is 0 Å². The molecule has 0 aliphatic carbocycles. The van der Waals surface area contributed by atoms with Crippen LogP contribution < -0.4 is 0 Å². The molecule has 2 aromatic rings. The quantitative estimate of drug-likeness (QED) is 0.461. The first-order valence-electron chi connectivity index (χ1n) is 10.1. The van der Waals surface area contributed by atoms with Gasteiger partial charge >= 0.3 is 0 Å². The van der Waals surface area contributed by atoms with Gasteiger partial charge in [0.1, 0.15) is 6.29 Å². The average Bonchev–Trinajstić information content (AvgIpc) is 2.76. The molecule has 1 saturated heterocycles. The van der Waals surface area contributed by atoms with Crippen LogP contribution in [-0.2, 0) is 10.3 Å². The molecule has 3 rings (SSSR count). The summed E-state index contributed by atoms with van der Waals surface area (Å²) in [6.45, 7) is 7.38. The van der Waals surface area contributed by atoms with Crippen LogP contribution in [0.25, 0.3) is 0 Å². The molecule has 0 aromatic heterocycles. The van der Waals surface area contributed by atoms with Gasteiger partial charge in [-0.1, -0.05) is 98.0 Å². The Hall–Kier alpha value is -2.71. The lowest BCUT2D eigenvalue weighted by atomic mass is 9.73. The summed E-state index contributed by atoms with van der Waals surface area (Å²) in [7, 11) is 0. The zero-order chi connectivity index (χ0) is 19.8. The van der Waals surface area contributed by atoms with Crippen molar-refractivity contribution >= 4 is 6.29 Å². The molecule has 2 nitrogen and oxygen atoms in total. The number of carbonyl (C=O) groups is 1. The standard InChI is InChI=1S/C26H29NO/c1-3-4-7-14-22(2)26(23-15-8-5-9-16-23,24-17-10-6-11-18-24)27-20-13-12-19-25(27)21-28/h3-11,14-18,21,25H,2,12-13,19-20H2,1H3/b4-3-,14-7-/t25-/m0/s1.